The van der Waals surface area contributed by atoms with Gasteiger partial charge in [-0.25, -0.2) is 0 Å². The second-order valence-corrected chi connectivity index (χ2v) is 8.75. The van der Waals surface area contributed by atoms with Crippen LogP contribution in [0.3, 0.4) is 0 Å². The van der Waals surface area contributed by atoms with E-state index in [2.05, 4.69) is 10.4 Å². The van der Waals surface area contributed by atoms with Crippen molar-refractivity contribution in [2.45, 2.75) is 24.1 Å². The molecule has 3 heterocycles. The summed E-state index contributed by atoms with van der Waals surface area (Å²) in [7, 11) is 1.63. The van der Waals surface area contributed by atoms with E-state index < -0.39 is 0 Å². The summed E-state index contributed by atoms with van der Waals surface area (Å²) in [5.41, 5.74) is 1.52. The van der Waals surface area contributed by atoms with Crippen molar-refractivity contribution in [3.8, 4) is 5.75 Å². The SMILES string of the molecule is COc1ccc(C2SCC(=O)Nc3c2c(=O)[nH]n3C2CCSCC2)cc1. The van der Waals surface area contributed by atoms with Crippen molar-refractivity contribution in [2.24, 2.45) is 0 Å². The largest absolute Gasteiger partial charge is 0.497 e. The molecule has 138 valence electrons. The standard InChI is InChI=1S/C18H21N3O3S2/c1-24-13-4-2-11(3-5-13)16-15-17(19-14(22)10-26-16)21(20-18(15)23)12-6-8-25-9-7-12/h2-5,12,16H,6-10H2,1H3,(H,19,22)(H,20,23). The summed E-state index contributed by atoms with van der Waals surface area (Å²) in [5.74, 6) is 3.82. The Labute approximate surface area is 160 Å². The van der Waals surface area contributed by atoms with Crippen molar-refractivity contribution in [3.05, 3.63) is 45.7 Å². The first-order chi connectivity index (χ1) is 12.7. The number of methoxy groups -OCH3 is 1. The van der Waals surface area contributed by atoms with Crippen LogP contribution in [0.15, 0.2) is 29.1 Å². The molecule has 1 unspecified atom stereocenters. The van der Waals surface area contributed by atoms with E-state index in [0.717, 1.165) is 35.7 Å². The maximum absolute atomic E-state index is 12.8. The van der Waals surface area contributed by atoms with Crippen LogP contribution < -0.4 is 15.6 Å². The predicted octanol–water partition coefficient (Wildman–Crippen LogP) is 3.03. The molecule has 1 amide bonds. The molecule has 2 aromatic rings. The Balaban J connectivity index is 1.78. The molecule has 0 aliphatic carbocycles. The van der Waals surface area contributed by atoms with Gasteiger partial charge in [0.05, 0.1) is 29.7 Å². The van der Waals surface area contributed by atoms with Gasteiger partial charge in [0.2, 0.25) is 5.91 Å². The minimum Gasteiger partial charge on any atom is -0.497 e. The number of nitrogens with zero attached hydrogens (tertiary/aromatic N) is 1. The number of hydrogen-bond acceptors (Lipinski definition) is 5. The summed E-state index contributed by atoms with van der Waals surface area (Å²) >= 11 is 3.42. The maximum atomic E-state index is 12.8. The van der Waals surface area contributed by atoms with Crippen LogP contribution in [0.5, 0.6) is 5.75 Å². The smallest absolute Gasteiger partial charge is 0.270 e. The molecule has 1 saturated heterocycles. The van der Waals surface area contributed by atoms with Crippen LogP contribution in [0.4, 0.5) is 5.82 Å². The fourth-order valence-corrected chi connectivity index (χ4v) is 5.71. The molecule has 2 aliphatic heterocycles. The Hall–Kier alpha value is -1.80. The van der Waals surface area contributed by atoms with E-state index in [9.17, 15) is 9.59 Å². The molecule has 6 nitrogen and oxygen atoms in total. The fourth-order valence-electron chi connectivity index (χ4n) is 3.50. The van der Waals surface area contributed by atoms with Crippen molar-refractivity contribution in [1.82, 2.24) is 9.78 Å². The number of carbonyl (C=O) groups excluding carboxylic acids is 1. The minimum absolute atomic E-state index is 0.0646. The molecule has 2 N–H and O–H groups in total. The maximum Gasteiger partial charge on any atom is 0.270 e. The van der Waals surface area contributed by atoms with Crippen molar-refractivity contribution in [1.29, 1.82) is 0 Å². The summed E-state index contributed by atoms with van der Waals surface area (Å²) in [5, 5.41) is 5.78. The van der Waals surface area contributed by atoms with Crippen LogP contribution in [0.1, 0.15) is 35.3 Å². The summed E-state index contributed by atoms with van der Waals surface area (Å²) < 4.78 is 7.13. The lowest BCUT2D eigenvalue weighted by Gasteiger charge is -2.24. The summed E-state index contributed by atoms with van der Waals surface area (Å²) in [6.07, 6.45) is 2.00. The number of amides is 1. The van der Waals surface area contributed by atoms with Gasteiger partial charge in [0.25, 0.3) is 5.56 Å². The lowest BCUT2D eigenvalue weighted by atomic mass is 10.1. The number of hydrogen-bond donors (Lipinski definition) is 2. The third-order valence-corrected chi connectivity index (χ3v) is 7.16. The van der Waals surface area contributed by atoms with Gasteiger partial charge in [0, 0.05) is 0 Å². The average molecular weight is 392 g/mol. The summed E-state index contributed by atoms with van der Waals surface area (Å²) in [6.45, 7) is 0. The molecular formula is C18H21N3O3S2. The quantitative estimate of drug-likeness (QED) is 0.841. The minimum atomic E-state index is -0.183. The van der Waals surface area contributed by atoms with E-state index in [1.54, 1.807) is 7.11 Å². The van der Waals surface area contributed by atoms with E-state index >= 15 is 0 Å². The molecule has 0 spiro atoms. The van der Waals surface area contributed by atoms with E-state index in [1.165, 1.54) is 11.8 Å². The zero-order valence-electron chi connectivity index (χ0n) is 14.5. The Morgan fingerprint density at radius 3 is 2.58 bits per heavy atom. The number of aromatic amines is 1. The normalized spacial score (nSPS) is 21.0. The zero-order chi connectivity index (χ0) is 18.1. The molecule has 1 atom stereocenters. The van der Waals surface area contributed by atoms with E-state index in [-0.39, 0.29) is 22.8 Å². The third kappa shape index (κ3) is 3.27. The van der Waals surface area contributed by atoms with Crippen LogP contribution >= 0.6 is 23.5 Å². The van der Waals surface area contributed by atoms with Gasteiger partial charge in [-0.3, -0.25) is 19.4 Å². The second-order valence-electron chi connectivity index (χ2n) is 6.43. The van der Waals surface area contributed by atoms with Gasteiger partial charge >= 0.3 is 0 Å². The average Bonchev–Trinajstić information content (AvgIpc) is 2.88. The highest BCUT2D eigenvalue weighted by molar-refractivity contribution is 8.00. The number of anilines is 1. The Kier molecular flexibility index (Phi) is 5.04. The highest BCUT2D eigenvalue weighted by atomic mass is 32.2. The fraction of sp³-hybridized carbons (Fsp3) is 0.444. The number of fused-ring (bicyclic) bond motifs is 1. The number of carbonyl (C=O) groups is 1. The molecule has 0 saturated carbocycles. The Morgan fingerprint density at radius 2 is 1.88 bits per heavy atom. The van der Waals surface area contributed by atoms with Gasteiger partial charge < -0.3 is 10.1 Å². The first kappa shape index (κ1) is 17.6. The van der Waals surface area contributed by atoms with E-state index in [0.29, 0.717) is 17.1 Å². The van der Waals surface area contributed by atoms with E-state index in [1.807, 2.05) is 40.7 Å². The monoisotopic (exact) mass is 391 g/mol. The predicted molar refractivity (Wildman–Crippen MR) is 107 cm³/mol. The third-order valence-electron chi connectivity index (χ3n) is 4.84. The van der Waals surface area contributed by atoms with Gasteiger partial charge in [-0.1, -0.05) is 12.1 Å². The second kappa shape index (κ2) is 7.44. The van der Waals surface area contributed by atoms with E-state index in [4.69, 9.17) is 4.74 Å². The highest BCUT2D eigenvalue weighted by Gasteiger charge is 2.32. The molecule has 0 bridgehead atoms. The Morgan fingerprint density at radius 1 is 1.15 bits per heavy atom. The molecule has 0 radical (unpaired) electrons. The lowest BCUT2D eigenvalue weighted by molar-refractivity contribution is -0.113. The number of benzene rings is 1. The van der Waals surface area contributed by atoms with Crippen LogP contribution in [-0.2, 0) is 4.79 Å². The number of aromatic nitrogens is 2. The van der Waals surface area contributed by atoms with Crippen LogP contribution in [-0.4, -0.2) is 40.1 Å². The number of rotatable bonds is 3. The van der Waals surface area contributed by atoms with Gasteiger partial charge in [-0.2, -0.15) is 11.8 Å². The van der Waals surface area contributed by atoms with Crippen LogP contribution in [0.2, 0.25) is 0 Å². The van der Waals surface area contributed by atoms with Crippen molar-refractivity contribution >= 4 is 35.2 Å². The molecule has 26 heavy (non-hydrogen) atoms. The van der Waals surface area contributed by atoms with Crippen LogP contribution in [0.25, 0.3) is 0 Å². The zero-order valence-corrected chi connectivity index (χ0v) is 16.1. The van der Waals surface area contributed by atoms with Gasteiger partial charge in [-0.15, -0.1) is 11.8 Å². The molecule has 8 heteroatoms. The summed E-state index contributed by atoms with van der Waals surface area (Å²) in [6, 6.07) is 7.93. The van der Waals surface area contributed by atoms with Crippen molar-refractivity contribution < 1.29 is 9.53 Å². The topological polar surface area (TPSA) is 76.1 Å². The summed E-state index contributed by atoms with van der Waals surface area (Å²) in [4.78, 5) is 25.1. The van der Waals surface area contributed by atoms with Gasteiger partial charge in [0.15, 0.2) is 0 Å². The number of thioether (sulfide) groups is 2. The van der Waals surface area contributed by atoms with Crippen LogP contribution in [0, 0.1) is 0 Å². The molecule has 1 aromatic carbocycles. The number of nitrogens with one attached hydrogen (secondary N) is 2. The molecule has 4 rings (SSSR count). The number of H-pyrrole nitrogens is 1. The van der Waals surface area contributed by atoms with Gasteiger partial charge in [0.1, 0.15) is 11.6 Å². The first-order valence-corrected chi connectivity index (χ1v) is 10.8. The Bertz CT molecular complexity index is 854. The highest BCUT2D eigenvalue weighted by Crippen LogP contribution is 2.41. The number of ether oxygens (including phenoxy) is 1. The van der Waals surface area contributed by atoms with Crippen molar-refractivity contribution in [2.75, 3.05) is 29.7 Å². The molecule has 1 fully saturated rings. The molecule has 2 aliphatic rings. The lowest BCUT2D eigenvalue weighted by Crippen LogP contribution is -2.22. The molecular weight excluding hydrogens is 370 g/mol. The first-order valence-electron chi connectivity index (χ1n) is 8.65. The van der Waals surface area contributed by atoms with Gasteiger partial charge in [-0.05, 0) is 42.0 Å². The molecule has 1 aromatic heterocycles. The van der Waals surface area contributed by atoms with Crippen molar-refractivity contribution in [3.63, 3.8) is 0 Å².